The highest BCUT2D eigenvalue weighted by Crippen LogP contribution is 2.31. The van der Waals surface area contributed by atoms with Gasteiger partial charge in [0.1, 0.15) is 0 Å². The number of carbonyl (C=O) groups excluding carboxylic acids is 1. The van der Waals surface area contributed by atoms with E-state index in [1.165, 1.54) is 64.2 Å². The summed E-state index contributed by atoms with van der Waals surface area (Å²) in [4.78, 5) is 23.4. The Bertz CT molecular complexity index is 444. The molecule has 0 aromatic carbocycles. The number of esters is 1. The molecule has 1 fully saturated rings. The molecule has 1 N–H and O–H groups in total. The summed E-state index contributed by atoms with van der Waals surface area (Å²) in [5.74, 6) is -2.21. The average molecular weight is 395 g/mol. The predicted octanol–water partition coefficient (Wildman–Crippen LogP) is 6.68. The molecule has 4 nitrogen and oxygen atoms in total. The number of rotatable bonds is 16. The quantitative estimate of drug-likeness (QED) is 0.180. The van der Waals surface area contributed by atoms with Gasteiger partial charge in [0.05, 0.1) is 18.4 Å². The third-order valence-corrected chi connectivity index (χ3v) is 5.81. The fourth-order valence-electron chi connectivity index (χ4n) is 4.03. The van der Waals surface area contributed by atoms with E-state index in [1.807, 2.05) is 0 Å². The second kappa shape index (κ2) is 16.6. The summed E-state index contributed by atoms with van der Waals surface area (Å²) in [7, 11) is 0. The summed E-state index contributed by atoms with van der Waals surface area (Å²) in [6, 6.07) is 0. The molecule has 0 aromatic rings. The van der Waals surface area contributed by atoms with Crippen molar-refractivity contribution < 1.29 is 19.4 Å². The third-order valence-electron chi connectivity index (χ3n) is 5.81. The van der Waals surface area contributed by atoms with Crippen molar-refractivity contribution in [1.29, 1.82) is 0 Å². The van der Waals surface area contributed by atoms with Gasteiger partial charge >= 0.3 is 11.9 Å². The molecule has 2 unspecified atom stereocenters. The fourth-order valence-corrected chi connectivity index (χ4v) is 4.03. The first-order valence-electron chi connectivity index (χ1n) is 11.7. The van der Waals surface area contributed by atoms with Crippen LogP contribution in [-0.4, -0.2) is 23.7 Å². The molecule has 0 spiro atoms. The van der Waals surface area contributed by atoms with Crippen LogP contribution < -0.4 is 0 Å². The molecule has 0 saturated heterocycles. The minimum absolute atomic E-state index is 0.324. The molecule has 0 heterocycles. The summed E-state index contributed by atoms with van der Waals surface area (Å²) >= 11 is 0. The molecule has 2 atom stereocenters. The number of ether oxygens (including phenoxy) is 1. The van der Waals surface area contributed by atoms with Crippen molar-refractivity contribution in [1.82, 2.24) is 0 Å². The maximum Gasteiger partial charge on any atom is 0.309 e. The van der Waals surface area contributed by atoms with Crippen LogP contribution in [0, 0.1) is 11.8 Å². The first-order valence-corrected chi connectivity index (χ1v) is 11.7. The topological polar surface area (TPSA) is 63.6 Å². The monoisotopic (exact) mass is 394 g/mol. The van der Waals surface area contributed by atoms with Crippen LogP contribution in [0.2, 0.25) is 0 Å². The van der Waals surface area contributed by atoms with E-state index in [1.54, 1.807) is 0 Å². The number of carboxylic acid groups (broad SMARTS) is 1. The lowest BCUT2D eigenvalue weighted by Crippen LogP contribution is -2.33. The first kappa shape index (κ1) is 24.7. The highest BCUT2D eigenvalue weighted by Gasteiger charge is 2.36. The summed E-state index contributed by atoms with van der Waals surface area (Å²) in [6.45, 7) is 2.62. The highest BCUT2D eigenvalue weighted by molar-refractivity contribution is 5.81. The van der Waals surface area contributed by atoms with Gasteiger partial charge in [-0.25, -0.2) is 0 Å². The molecule has 28 heavy (non-hydrogen) atoms. The molecule has 1 rings (SSSR count). The number of unbranched alkanes of at least 4 members (excludes halogenated alkanes) is 10. The molecule has 1 aliphatic rings. The van der Waals surface area contributed by atoms with Crippen molar-refractivity contribution in [3.05, 3.63) is 12.2 Å². The molecule has 0 bridgehead atoms. The smallest absolute Gasteiger partial charge is 0.309 e. The number of hydrogen-bond donors (Lipinski definition) is 1. The zero-order valence-electron chi connectivity index (χ0n) is 18.0. The Morgan fingerprint density at radius 1 is 0.821 bits per heavy atom. The van der Waals surface area contributed by atoms with E-state index in [-0.39, 0.29) is 5.97 Å². The van der Waals surface area contributed by atoms with E-state index < -0.39 is 17.8 Å². The second-order valence-electron chi connectivity index (χ2n) is 8.23. The van der Waals surface area contributed by atoms with Crippen molar-refractivity contribution in [3.63, 3.8) is 0 Å². The van der Waals surface area contributed by atoms with Crippen LogP contribution in [0.15, 0.2) is 12.2 Å². The highest BCUT2D eigenvalue weighted by atomic mass is 16.5. The minimum atomic E-state index is -0.863. The van der Waals surface area contributed by atoms with E-state index in [4.69, 9.17) is 4.74 Å². The number of aliphatic carboxylic acids is 1. The van der Waals surface area contributed by atoms with Crippen molar-refractivity contribution in [2.45, 2.75) is 110 Å². The number of hydrogen-bond acceptors (Lipinski definition) is 3. The van der Waals surface area contributed by atoms with Crippen LogP contribution in [0.3, 0.4) is 0 Å². The van der Waals surface area contributed by atoms with Crippen LogP contribution in [-0.2, 0) is 14.3 Å². The van der Waals surface area contributed by atoms with E-state index in [9.17, 15) is 14.7 Å². The fraction of sp³-hybridized carbons (Fsp3) is 0.833. The summed E-state index contributed by atoms with van der Waals surface area (Å²) < 4.78 is 5.32. The van der Waals surface area contributed by atoms with Gasteiger partial charge in [-0.15, -0.1) is 0 Å². The lowest BCUT2D eigenvalue weighted by Gasteiger charge is -2.26. The van der Waals surface area contributed by atoms with Crippen molar-refractivity contribution >= 4 is 11.9 Å². The van der Waals surface area contributed by atoms with Crippen LogP contribution in [0.4, 0.5) is 0 Å². The first-order chi connectivity index (χ1) is 13.7. The van der Waals surface area contributed by atoms with Crippen molar-refractivity contribution in [3.8, 4) is 0 Å². The Morgan fingerprint density at radius 2 is 1.36 bits per heavy atom. The lowest BCUT2D eigenvalue weighted by atomic mass is 9.79. The van der Waals surface area contributed by atoms with Crippen LogP contribution in [0.25, 0.3) is 0 Å². The van der Waals surface area contributed by atoms with Crippen molar-refractivity contribution in [2.75, 3.05) is 6.61 Å². The Kier molecular flexibility index (Phi) is 14.7. The standard InChI is InChI=1S/C24H42O4/c1-2-3-4-5-6-7-8-9-10-11-12-13-14-17-20-28-24(27)22-19-16-15-18-21(22)23(25)26/h13-14,21-22H,2-12,15-20H2,1H3,(H,25,26)/b14-13+. The number of allylic oxidation sites excluding steroid dienone is 1. The van der Waals surface area contributed by atoms with Gasteiger partial charge < -0.3 is 9.84 Å². The molecule has 162 valence electrons. The Balaban J connectivity index is 1.95. The van der Waals surface area contributed by atoms with Gasteiger partial charge in [-0.3, -0.25) is 9.59 Å². The average Bonchev–Trinajstić information content (AvgIpc) is 2.70. The Hall–Kier alpha value is -1.32. The molecular weight excluding hydrogens is 352 g/mol. The van der Waals surface area contributed by atoms with Crippen molar-refractivity contribution in [2.24, 2.45) is 11.8 Å². The molecule has 0 aromatic heterocycles. The van der Waals surface area contributed by atoms with Gasteiger partial charge in [0.15, 0.2) is 0 Å². The van der Waals surface area contributed by atoms with Gasteiger partial charge in [-0.1, -0.05) is 89.7 Å². The molecule has 0 aliphatic heterocycles. The van der Waals surface area contributed by atoms with Crippen LogP contribution in [0.1, 0.15) is 110 Å². The summed E-state index contributed by atoms with van der Waals surface area (Å²) in [5, 5.41) is 9.24. The molecular formula is C24H42O4. The van der Waals surface area contributed by atoms with Gasteiger partial charge in [0.2, 0.25) is 0 Å². The van der Waals surface area contributed by atoms with Crippen LogP contribution in [0.5, 0.6) is 0 Å². The summed E-state index contributed by atoms with van der Waals surface area (Å²) in [5.41, 5.74) is 0. The lowest BCUT2D eigenvalue weighted by molar-refractivity contribution is -0.159. The molecule has 1 aliphatic carbocycles. The van der Waals surface area contributed by atoms with Gasteiger partial charge in [0.25, 0.3) is 0 Å². The molecule has 0 radical (unpaired) electrons. The maximum atomic E-state index is 12.1. The van der Waals surface area contributed by atoms with E-state index in [2.05, 4.69) is 19.1 Å². The normalized spacial score (nSPS) is 19.8. The Morgan fingerprint density at radius 3 is 1.96 bits per heavy atom. The van der Waals surface area contributed by atoms with E-state index in [0.717, 1.165) is 19.3 Å². The van der Waals surface area contributed by atoms with E-state index >= 15 is 0 Å². The predicted molar refractivity (Wildman–Crippen MR) is 114 cm³/mol. The second-order valence-corrected chi connectivity index (χ2v) is 8.23. The minimum Gasteiger partial charge on any atom is -0.481 e. The number of carbonyl (C=O) groups is 2. The molecule has 0 amide bonds. The zero-order valence-corrected chi connectivity index (χ0v) is 18.0. The van der Waals surface area contributed by atoms with E-state index in [0.29, 0.717) is 25.9 Å². The maximum absolute atomic E-state index is 12.1. The van der Waals surface area contributed by atoms with Gasteiger partial charge in [-0.05, 0) is 32.1 Å². The van der Waals surface area contributed by atoms with Gasteiger partial charge in [-0.2, -0.15) is 0 Å². The number of carboxylic acids is 1. The molecule has 4 heteroatoms. The SMILES string of the molecule is CCCCCCCCCCCC/C=C/CCOC(=O)C1CCCCC1C(=O)O. The largest absolute Gasteiger partial charge is 0.481 e. The zero-order chi connectivity index (χ0) is 20.5. The summed E-state index contributed by atoms with van der Waals surface area (Å²) in [6.07, 6.45) is 22.6. The van der Waals surface area contributed by atoms with Gasteiger partial charge in [0, 0.05) is 0 Å². The third kappa shape index (κ3) is 11.5. The Labute approximate surface area is 172 Å². The molecule has 1 saturated carbocycles. The van der Waals surface area contributed by atoms with Crippen LogP contribution >= 0.6 is 0 Å².